The lowest BCUT2D eigenvalue weighted by Gasteiger charge is -2.24. The van der Waals surface area contributed by atoms with Crippen molar-refractivity contribution in [2.45, 2.75) is 25.4 Å². The molecule has 150 valence electrons. The van der Waals surface area contributed by atoms with E-state index in [0.717, 1.165) is 0 Å². The van der Waals surface area contributed by atoms with E-state index in [2.05, 4.69) is 15.4 Å². The van der Waals surface area contributed by atoms with Crippen LogP contribution in [0, 0.1) is 0 Å². The van der Waals surface area contributed by atoms with Crippen LogP contribution in [0.2, 0.25) is 0 Å². The first kappa shape index (κ1) is 23.3. The number of ketones is 2. The quantitative estimate of drug-likeness (QED) is 0.403. The zero-order chi connectivity index (χ0) is 20.7. The average Bonchev–Trinajstić information content (AvgIpc) is 2.67. The molecule has 2 atom stereocenters. The Kier molecular flexibility index (Phi) is 9.14. The summed E-state index contributed by atoms with van der Waals surface area (Å²) < 4.78 is 9.26. The summed E-state index contributed by atoms with van der Waals surface area (Å²) >= 11 is 13.6. The van der Waals surface area contributed by atoms with Gasteiger partial charge in [-0.3, -0.25) is 9.59 Å². The number of esters is 2. The van der Waals surface area contributed by atoms with Crippen LogP contribution < -0.4 is 10.6 Å². The summed E-state index contributed by atoms with van der Waals surface area (Å²) in [6, 6.07) is -1.81. The molecule has 1 rings (SSSR count). The average molecular weight is 439 g/mol. The lowest BCUT2D eigenvalue weighted by Crippen LogP contribution is -2.44. The maximum Gasteiger partial charge on any atom is 0.328 e. The molecular weight excluding hydrogens is 419 g/mol. The molecule has 8 nitrogen and oxygen atoms in total. The predicted molar refractivity (Wildman–Crippen MR) is 102 cm³/mol. The topological polar surface area (TPSA) is 111 Å². The molecule has 0 amide bonds. The molecule has 1 aliphatic carbocycles. The van der Waals surface area contributed by atoms with Gasteiger partial charge in [0.1, 0.15) is 33.5 Å². The smallest absolute Gasteiger partial charge is 0.328 e. The molecule has 2 N–H and O–H groups in total. The molecule has 0 radical (unpaired) electrons. The van der Waals surface area contributed by atoms with Crippen molar-refractivity contribution in [3.63, 3.8) is 0 Å². The van der Waals surface area contributed by atoms with Gasteiger partial charge < -0.3 is 20.1 Å². The van der Waals surface area contributed by atoms with E-state index in [4.69, 9.17) is 27.9 Å². The Hall–Kier alpha value is -1.71. The number of ether oxygens (including phenoxy) is 2. The van der Waals surface area contributed by atoms with Crippen LogP contribution in [0.1, 0.15) is 13.3 Å². The molecule has 0 saturated carbocycles. The number of methoxy groups -OCH3 is 2. The Labute approximate surface area is 171 Å². The first-order valence-corrected chi connectivity index (χ1v) is 9.91. The van der Waals surface area contributed by atoms with Gasteiger partial charge in [-0.2, -0.15) is 11.8 Å². The normalized spacial score (nSPS) is 16.8. The number of halogens is 2. The van der Waals surface area contributed by atoms with Crippen molar-refractivity contribution in [1.82, 2.24) is 10.6 Å². The standard InChI is InChI=1S/C16H20Cl2N2O6S/c1-7(15(23)25-2)19-11-9(17)14(22)12(10(18)13(11)21)20-8(5-6-27-4)16(24)26-3/h7-8,19-20H,5-6H2,1-4H3/t7-,8-/m0/s1. The number of Topliss-reactive ketones (excluding diaryl/α,β-unsaturated/α-hetero) is 2. The van der Waals surface area contributed by atoms with Gasteiger partial charge in [0.2, 0.25) is 11.6 Å². The minimum absolute atomic E-state index is 0.292. The molecule has 27 heavy (non-hydrogen) atoms. The second-order valence-electron chi connectivity index (χ2n) is 5.43. The fourth-order valence-corrected chi connectivity index (χ4v) is 3.10. The summed E-state index contributed by atoms with van der Waals surface area (Å²) in [4.78, 5) is 48.5. The predicted octanol–water partition coefficient (Wildman–Crippen LogP) is 1.07. The summed E-state index contributed by atoms with van der Waals surface area (Å²) in [6.07, 6.45) is 2.20. The highest BCUT2D eigenvalue weighted by Gasteiger charge is 2.36. The van der Waals surface area contributed by atoms with Crippen molar-refractivity contribution in [2.24, 2.45) is 0 Å². The van der Waals surface area contributed by atoms with E-state index in [-0.39, 0.29) is 11.4 Å². The Morgan fingerprint density at radius 2 is 1.48 bits per heavy atom. The van der Waals surface area contributed by atoms with E-state index >= 15 is 0 Å². The molecule has 0 saturated heterocycles. The third-order valence-corrected chi connectivity index (χ3v) is 4.99. The van der Waals surface area contributed by atoms with Crippen LogP contribution in [-0.2, 0) is 28.7 Å². The van der Waals surface area contributed by atoms with E-state index in [1.165, 1.54) is 32.9 Å². The van der Waals surface area contributed by atoms with Crippen LogP contribution in [0.25, 0.3) is 0 Å². The molecule has 0 heterocycles. The van der Waals surface area contributed by atoms with Gasteiger partial charge in [0.25, 0.3) is 0 Å². The monoisotopic (exact) mass is 438 g/mol. The maximum atomic E-state index is 12.6. The van der Waals surface area contributed by atoms with Crippen LogP contribution >= 0.6 is 35.0 Å². The lowest BCUT2D eigenvalue weighted by molar-refractivity contribution is -0.143. The number of hydrogen-bond acceptors (Lipinski definition) is 9. The SMILES string of the molecule is COC(=O)[C@H](C)NC1=C(Cl)C(=O)C(N[C@@H](CCSC)C(=O)OC)=C(Cl)C1=O. The maximum absolute atomic E-state index is 12.6. The molecule has 11 heteroatoms. The fourth-order valence-electron chi connectivity index (χ4n) is 2.16. The largest absolute Gasteiger partial charge is 0.467 e. The number of rotatable bonds is 9. The third kappa shape index (κ3) is 5.63. The van der Waals surface area contributed by atoms with Crippen molar-refractivity contribution in [3.05, 3.63) is 21.5 Å². The molecule has 0 bridgehead atoms. The van der Waals surface area contributed by atoms with Crippen LogP contribution in [0.4, 0.5) is 0 Å². The molecule has 0 aromatic rings. The molecule has 0 aromatic carbocycles. The Bertz CT molecular complexity index is 707. The van der Waals surface area contributed by atoms with Crippen molar-refractivity contribution in [3.8, 4) is 0 Å². The molecule has 0 spiro atoms. The number of hydrogen-bond donors (Lipinski definition) is 2. The van der Waals surface area contributed by atoms with Gasteiger partial charge in [-0.25, -0.2) is 9.59 Å². The first-order valence-electron chi connectivity index (χ1n) is 7.76. The van der Waals surface area contributed by atoms with Gasteiger partial charge in [-0.1, -0.05) is 23.2 Å². The van der Waals surface area contributed by atoms with E-state index in [1.54, 1.807) is 0 Å². The second kappa shape index (κ2) is 10.6. The van der Waals surface area contributed by atoms with E-state index < -0.39 is 45.7 Å². The molecule has 0 fully saturated rings. The highest BCUT2D eigenvalue weighted by Crippen LogP contribution is 2.28. The summed E-state index contributed by atoms with van der Waals surface area (Å²) in [5.41, 5.74) is -0.603. The molecule has 0 aliphatic heterocycles. The van der Waals surface area contributed by atoms with Gasteiger partial charge in [0.05, 0.1) is 14.2 Å². The van der Waals surface area contributed by atoms with Crippen molar-refractivity contribution in [2.75, 3.05) is 26.2 Å². The summed E-state index contributed by atoms with van der Waals surface area (Å²) in [5, 5.41) is 4.30. The minimum atomic E-state index is -0.932. The first-order chi connectivity index (χ1) is 12.7. The zero-order valence-electron chi connectivity index (χ0n) is 15.2. The van der Waals surface area contributed by atoms with Gasteiger partial charge in [-0.05, 0) is 25.4 Å². The highest BCUT2D eigenvalue weighted by atomic mass is 35.5. The molecule has 1 aliphatic rings. The summed E-state index contributed by atoms with van der Waals surface area (Å²) in [7, 11) is 2.39. The lowest BCUT2D eigenvalue weighted by atomic mass is 10.0. The van der Waals surface area contributed by atoms with E-state index in [0.29, 0.717) is 12.2 Å². The van der Waals surface area contributed by atoms with Crippen LogP contribution in [0.3, 0.4) is 0 Å². The van der Waals surface area contributed by atoms with E-state index in [1.807, 2.05) is 6.26 Å². The van der Waals surface area contributed by atoms with Crippen LogP contribution in [0.5, 0.6) is 0 Å². The van der Waals surface area contributed by atoms with Gasteiger partial charge in [-0.15, -0.1) is 0 Å². The second-order valence-corrected chi connectivity index (χ2v) is 7.17. The number of thioether (sulfide) groups is 1. The number of allylic oxidation sites excluding steroid dienone is 2. The van der Waals surface area contributed by atoms with Gasteiger partial charge in [0, 0.05) is 0 Å². The molecule has 0 aromatic heterocycles. The fraction of sp³-hybridized carbons (Fsp3) is 0.500. The van der Waals surface area contributed by atoms with Gasteiger partial charge in [0.15, 0.2) is 0 Å². The Balaban J connectivity index is 3.12. The third-order valence-electron chi connectivity index (χ3n) is 3.62. The Morgan fingerprint density at radius 3 is 1.93 bits per heavy atom. The zero-order valence-corrected chi connectivity index (χ0v) is 17.5. The highest BCUT2D eigenvalue weighted by molar-refractivity contribution is 7.98. The minimum Gasteiger partial charge on any atom is -0.467 e. The molecule has 0 unspecified atom stereocenters. The van der Waals surface area contributed by atoms with Crippen LogP contribution in [0.15, 0.2) is 21.5 Å². The number of nitrogens with one attached hydrogen (secondary N) is 2. The Morgan fingerprint density at radius 1 is 1.00 bits per heavy atom. The van der Waals surface area contributed by atoms with Gasteiger partial charge >= 0.3 is 11.9 Å². The van der Waals surface area contributed by atoms with Crippen molar-refractivity contribution >= 4 is 58.5 Å². The van der Waals surface area contributed by atoms with E-state index in [9.17, 15) is 19.2 Å². The van der Waals surface area contributed by atoms with Crippen molar-refractivity contribution in [1.29, 1.82) is 0 Å². The van der Waals surface area contributed by atoms with Crippen molar-refractivity contribution < 1.29 is 28.7 Å². The number of carbonyl (C=O) groups is 4. The number of carbonyl (C=O) groups excluding carboxylic acids is 4. The summed E-state index contributed by atoms with van der Waals surface area (Å²) in [5.74, 6) is -2.22. The molecular formula is C16H20Cl2N2O6S. The van der Waals surface area contributed by atoms with Crippen LogP contribution in [-0.4, -0.2) is 61.8 Å². The summed E-state index contributed by atoms with van der Waals surface area (Å²) in [6.45, 7) is 1.43.